The summed E-state index contributed by atoms with van der Waals surface area (Å²) >= 11 is 1.18. The number of hydrogen-bond acceptors (Lipinski definition) is 10. The Morgan fingerprint density at radius 3 is 2.33 bits per heavy atom. The fraction of sp³-hybridized carbons (Fsp3) is 0.250. The number of hydrogen-bond donors (Lipinski definition) is 0. The van der Waals surface area contributed by atoms with Crippen LogP contribution in [-0.4, -0.2) is 36.2 Å². The lowest BCUT2D eigenvalue weighted by Gasteiger charge is -2.25. The molecular weight excluding hydrogens is 524 g/mol. The summed E-state index contributed by atoms with van der Waals surface area (Å²) < 4.78 is 22.9. The molecule has 0 saturated heterocycles. The molecule has 0 saturated carbocycles. The molecule has 4 rings (SSSR count). The van der Waals surface area contributed by atoms with E-state index in [1.54, 1.807) is 62.4 Å². The van der Waals surface area contributed by atoms with Crippen LogP contribution in [0.15, 0.2) is 63.5 Å². The highest BCUT2D eigenvalue weighted by Gasteiger charge is 2.34. The third-order valence-electron chi connectivity index (χ3n) is 5.71. The number of carbonyl (C=O) groups is 3. The Morgan fingerprint density at radius 1 is 1.03 bits per heavy atom. The Bertz CT molecular complexity index is 1660. The maximum absolute atomic E-state index is 13.8. The maximum atomic E-state index is 13.8. The molecule has 11 heteroatoms. The van der Waals surface area contributed by atoms with E-state index in [2.05, 4.69) is 4.99 Å². The molecule has 0 radical (unpaired) electrons. The van der Waals surface area contributed by atoms with E-state index in [0.717, 1.165) is 0 Å². The standard InChI is InChI=1S/C28H26N2O8S/c1-6-36-27(34)24-15(2)29-28-30(25(24)19-9-12-21(38-17(4)32)22(14-19)35-5)26(33)23(39-28)13-18-7-10-20(11-8-18)37-16(3)31/h7-14,25H,6H2,1-5H3. The van der Waals surface area contributed by atoms with Crippen molar-refractivity contribution < 1.29 is 33.3 Å². The van der Waals surface area contributed by atoms with E-state index in [0.29, 0.717) is 31.9 Å². The van der Waals surface area contributed by atoms with Gasteiger partial charge in [-0.3, -0.25) is 19.0 Å². The number of nitrogens with zero attached hydrogens (tertiary/aromatic N) is 2. The van der Waals surface area contributed by atoms with Crippen molar-refractivity contribution in [2.45, 2.75) is 33.7 Å². The average Bonchev–Trinajstić information content (AvgIpc) is 3.18. The van der Waals surface area contributed by atoms with Gasteiger partial charge in [-0.15, -0.1) is 0 Å². The van der Waals surface area contributed by atoms with Crippen LogP contribution in [0.2, 0.25) is 0 Å². The van der Waals surface area contributed by atoms with E-state index in [4.69, 9.17) is 18.9 Å². The van der Waals surface area contributed by atoms with E-state index in [1.807, 2.05) is 0 Å². The number of thiazole rings is 1. The van der Waals surface area contributed by atoms with Crippen molar-refractivity contribution in [2.24, 2.45) is 4.99 Å². The summed E-state index contributed by atoms with van der Waals surface area (Å²) in [7, 11) is 1.43. The van der Waals surface area contributed by atoms with Crippen LogP contribution in [0.1, 0.15) is 44.9 Å². The molecule has 10 nitrogen and oxygen atoms in total. The molecule has 1 unspecified atom stereocenters. The summed E-state index contributed by atoms with van der Waals surface area (Å²) in [5, 5.41) is 0. The molecule has 1 aromatic heterocycles. The average molecular weight is 551 g/mol. The molecule has 3 aromatic rings. The fourth-order valence-corrected chi connectivity index (χ4v) is 5.20. The fourth-order valence-electron chi connectivity index (χ4n) is 4.15. The first-order chi connectivity index (χ1) is 18.6. The van der Waals surface area contributed by atoms with Crippen molar-refractivity contribution in [1.82, 2.24) is 4.57 Å². The summed E-state index contributed by atoms with van der Waals surface area (Å²) in [4.78, 5) is 54.5. The van der Waals surface area contributed by atoms with Crippen LogP contribution < -0.4 is 29.1 Å². The van der Waals surface area contributed by atoms with Gasteiger partial charge in [0.1, 0.15) is 5.75 Å². The number of methoxy groups -OCH3 is 1. The monoisotopic (exact) mass is 550 g/mol. The minimum atomic E-state index is -0.867. The summed E-state index contributed by atoms with van der Waals surface area (Å²) in [6.45, 7) is 6.12. The smallest absolute Gasteiger partial charge is 0.338 e. The van der Waals surface area contributed by atoms with Gasteiger partial charge in [0.05, 0.1) is 35.6 Å². The Morgan fingerprint density at radius 2 is 1.72 bits per heavy atom. The van der Waals surface area contributed by atoms with Gasteiger partial charge in [-0.25, -0.2) is 9.79 Å². The Labute approximate surface area is 227 Å². The summed E-state index contributed by atoms with van der Waals surface area (Å²) in [5.41, 5.74) is 1.52. The summed E-state index contributed by atoms with van der Waals surface area (Å²) in [6, 6.07) is 10.7. The zero-order valence-corrected chi connectivity index (χ0v) is 22.8. The second-order valence-corrected chi connectivity index (χ2v) is 9.48. The SMILES string of the molecule is CCOC(=O)C1=C(C)N=c2sc(=Cc3ccc(OC(C)=O)cc3)c(=O)n2C1c1ccc(OC(C)=O)c(OC)c1. The van der Waals surface area contributed by atoms with E-state index in [1.165, 1.54) is 36.9 Å². The predicted octanol–water partition coefficient (Wildman–Crippen LogP) is 2.66. The quantitative estimate of drug-likeness (QED) is 0.325. The van der Waals surface area contributed by atoms with Crippen LogP contribution in [0, 0.1) is 0 Å². The topological polar surface area (TPSA) is 122 Å². The molecule has 2 heterocycles. The third-order valence-corrected chi connectivity index (χ3v) is 6.70. The van der Waals surface area contributed by atoms with Gasteiger partial charge >= 0.3 is 17.9 Å². The minimum Gasteiger partial charge on any atom is -0.493 e. The van der Waals surface area contributed by atoms with Gasteiger partial charge in [0.15, 0.2) is 16.3 Å². The first kappa shape index (κ1) is 27.5. The normalized spacial score (nSPS) is 14.8. The molecule has 1 aliphatic rings. The Hall–Kier alpha value is -4.51. The number of allylic oxidation sites excluding steroid dienone is 1. The van der Waals surface area contributed by atoms with Gasteiger partial charge < -0.3 is 18.9 Å². The van der Waals surface area contributed by atoms with Gasteiger partial charge in [-0.05, 0) is 55.3 Å². The Kier molecular flexibility index (Phi) is 8.10. The van der Waals surface area contributed by atoms with E-state index in [9.17, 15) is 19.2 Å². The number of carbonyl (C=O) groups excluding carboxylic acids is 3. The molecule has 1 aliphatic heterocycles. The van der Waals surface area contributed by atoms with Crippen LogP contribution in [0.3, 0.4) is 0 Å². The van der Waals surface area contributed by atoms with Gasteiger partial charge in [-0.1, -0.05) is 29.5 Å². The van der Waals surface area contributed by atoms with E-state index in [-0.39, 0.29) is 29.2 Å². The second-order valence-electron chi connectivity index (χ2n) is 8.47. The molecule has 0 aliphatic carbocycles. The molecule has 0 spiro atoms. The van der Waals surface area contributed by atoms with Gasteiger partial charge in [-0.2, -0.15) is 0 Å². The zero-order valence-electron chi connectivity index (χ0n) is 22.0. The highest BCUT2D eigenvalue weighted by atomic mass is 32.1. The number of rotatable bonds is 7. The summed E-state index contributed by atoms with van der Waals surface area (Å²) in [5.74, 6) is -0.685. The number of esters is 3. The zero-order chi connectivity index (χ0) is 28.3. The molecular formula is C28H26N2O8S. The van der Waals surface area contributed by atoms with Crippen molar-refractivity contribution >= 4 is 35.3 Å². The van der Waals surface area contributed by atoms with Crippen molar-refractivity contribution in [1.29, 1.82) is 0 Å². The summed E-state index contributed by atoms with van der Waals surface area (Å²) in [6.07, 6.45) is 1.70. The molecule has 202 valence electrons. The first-order valence-corrected chi connectivity index (χ1v) is 12.8. The third kappa shape index (κ3) is 5.83. The van der Waals surface area contributed by atoms with Crippen molar-refractivity contribution in [3.63, 3.8) is 0 Å². The van der Waals surface area contributed by atoms with Crippen molar-refractivity contribution in [3.05, 3.63) is 84.5 Å². The van der Waals surface area contributed by atoms with Crippen LogP contribution in [0.25, 0.3) is 6.08 Å². The Balaban J connectivity index is 1.88. The molecule has 39 heavy (non-hydrogen) atoms. The van der Waals surface area contributed by atoms with Crippen molar-refractivity contribution in [2.75, 3.05) is 13.7 Å². The molecule has 0 fully saturated rings. The number of aromatic nitrogens is 1. The first-order valence-electron chi connectivity index (χ1n) is 12.0. The number of benzene rings is 2. The van der Waals surface area contributed by atoms with Crippen LogP contribution in [0.4, 0.5) is 0 Å². The van der Waals surface area contributed by atoms with Crippen LogP contribution in [0.5, 0.6) is 17.2 Å². The number of fused-ring (bicyclic) bond motifs is 1. The highest BCUT2D eigenvalue weighted by Crippen LogP contribution is 2.36. The van der Waals surface area contributed by atoms with Crippen molar-refractivity contribution in [3.8, 4) is 17.2 Å². The minimum absolute atomic E-state index is 0.144. The van der Waals surface area contributed by atoms with E-state index < -0.39 is 23.9 Å². The van der Waals surface area contributed by atoms with Gasteiger partial charge in [0.2, 0.25) is 0 Å². The molecule has 2 aromatic carbocycles. The highest BCUT2D eigenvalue weighted by molar-refractivity contribution is 7.07. The van der Waals surface area contributed by atoms with E-state index >= 15 is 0 Å². The molecule has 0 bridgehead atoms. The largest absolute Gasteiger partial charge is 0.493 e. The van der Waals surface area contributed by atoms with Gasteiger partial charge in [0.25, 0.3) is 5.56 Å². The predicted molar refractivity (Wildman–Crippen MR) is 142 cm³/mol. The number of ether oxygens (including phenoxy) is 4. The van der Waals surface area contributed by atoms with Gasteiger partial charge in [0, 0.05) is 13.8 Å². The molecule has 1 atom stereocenters. The maximum Gasteiger partial charge on any atom is 0.338 e. The molecule has 0 N–H and O–H groups in total. The second kappa shape index (κ2) is 11.5. The lowest BCUT2D eigenvalue weighted by Crippen LogP contribution is -2.40. The lowest BCUT2D eigenvalue weighted by atomic mass is 9.95. The molecule has 0 amide bonds. The van der Waals surface area contributed by atoms with Crippen LogP contribution >= 0.6 is 11.3 Å². The lowest BCUT2D eigenvalue weighted by molar-refractivity contribution is -0.139. The van der Waals surface area contributed by atoms with Crippen LogP contribution in [-0.2, 0) is 19.1 Å².